The van der Waals surface area contributed by atoms with E-state index in [0.29, 0.717) is 0 Å². The zero-order valence-corrected chi connectivity index (χ0v) is 5.56. The van der Waals surface area contributed by atoms with Gasteiger partial charge in [-0.1, -0.05) is 6.58 Å². The first-order valence-electron chi connectivity index (χ1n) is 2.92. The highest BCUT2D eigenvalue weighted by molar-refractivity contribution is 4.91. The second-order valence-electron chi connectivity index (χ2n) is 2.02. The van der Waals surface area contributed by atoms with Crippen molar-refractivity contribution < 1.29 is 20.4 Å². The van der Waals surface area contributed by atoms with Crippen LogP contribution in [0.4, 0.5) is 0 Å². The van der Waals surface area contributed by atoms with Crippen molar-refractivity contribution in [2.24, 2.45) is 0 Å². The van der Waals surface area contributed by atoms with Gasteiger partial charge in [-0.15, -0.1) is 0 Å². The molecule has 4 N–H and O–H groups in total. The minimum atomic E-state index is -2.29. The Morgan fingerprint density at radius 2 is 2.00 bits per heavy atom. The first kappa shape index (κ1) is 9.58. The highest BCUT2D eigenvalue weighted by Gasteiger charge is 2.28. The molecule has 0 bridgehead atoms. The summed E-state index contributed by atoms with van der Waals surface area (Å²) in [4.78, 5) is 0. The summed E-state index contributed by atoms with van der Waals surface area (Å²) in [5, 5.41) is 34.7. The SMILES string of the molecule is C=CC(O)(O)C(O)CCO. The molecule has 1 atom stereocenters. The molecular weight excluding hydrogens is 136 g/mol. The van der Waals surface area contributed by atoms with E-state index in [-0.39, 0.29) is 13.0 Å². The fraction of sp³-hybridized carbons (Fsp3) is 0.667. The van der Waals surface area contributed by atoms with Crippen LogP contribution < -0.4 is 0 Å². The number of aliphatic hydroxyl groups is 4. The van der Waals surface area contributed by atoms with Crippen molar-refractivity contribution in [1.82, 2.24) is 0 Å². The van der Waals surface area contributed by atoms with E-state index in [1.807, 2.05) is 0 Å². The molecule has 0 heterocycles. The van der Waals surface area contributed by atoms with Gasteiger partial charge in [0.2, 0.25) is 5.79 Å². The third-order valence-electron chi connectivity index (χ3n) is 1.19. The summed E-state index contributed by atoms with van der Waals surface area (Å²) in [6.07, 6.45) is -0.651. The lowest BCUT2D eigenvalue weighted by atomic mass is 10.1. The fourth-order valence-corrected chi connectivity index (χ4v) is 0.471. The predicted octanol–water partition coefficient (Wildman–Crippen LogP) is -1.40. The summed E-state index contributed by atoms with van der Waals surface area (Å²) in [5.41, 5.74) is 0. The Hall–Kier alpha value is -0.420. The van der Waals surface area contributed by atoms with Crippen LogP contribution in [0.5, 0.6) is 0 Å². The lowest BCUT2D eigenvalue weighted by Crippen LogP contribution is -2.40. The van der Waals surface area contributed by atoms with Gasteiger partial charge in [-0.3, -0.25) is 0 Å². The van der Waals surface area contributed by atoms with Crippen LogP contribution in [0, 0.1) is 0 Å². The zero-order chi connectivity index (χ0) is 8.20. The van der Waals surface area contributed by atoms with E-state index in [4.69, 9.17) is 20.4 Å². The molecule has 60 valence electrons. The van der Waals surface area contributed by atoms with E-state index in [1.54, 1.807) is 0 Å². The molecule has 0 aromatic heterocycles. The molecule has 0 aromatic carbocycles. The molecule has 1 unspecified atom stereocenters. The van der Waals surface area contributed by atoms with Crippen LogP contribution in [0.25, 0.3) is 0 Å². The summed E-state index contributed by atoms with van der Waals surface area (Å²) < 4.78 is 0. The van der Waals surface area contributed by atoms with E-state index in [0.717, 1.165) is 6.08 Å². The largest absolute Gasteiger partial charge is 0.396 e. The summed E-state index contributed by atoms with van der Waals surface area (Å²) in [5.74, 6) is -2.29. The summed E-state index contributed by atoms with van der Waals surface area (Å²) in [6.45, 7) is 2.80. The van der Waals surface area contributed by atoms with Gasteiger partial charge in [-0.25, -0.2) is 0 Å². The maximum absolute atomic E-state index is 8.85. The van der Waals surface area contributed by atoms with E-state index in [9.17, 15) is 0 Å². The Morgan fingerprint density at radius 3 is 2.30 bits per heavy atom. The van der Waals surface area contributed by atoms with Crippen molar-refractivity contribution in [3.05, 3.63) is 12.7 Å². The standard InChI is InChI=1S/C6H12O4/c1-2-6(9,10)5(8)3-4-7/h2,5,7-10H,1,3-4H2. The molecule has 0 saturated carbocycles. The quantitative estimate of drug-likeness (QED) is 0.292. The van der Waals surface area contributed by atoms with Gasteiger partial charge < -0.3 is 20.4 Å². The maximum Gasteiger partial charge on any atom is 0.209 e. The van der Waals surface area contributed by atoms with Gasteiger partial charge in [0.05, 0.1) is 0 Å². The molecule has 0 aliphatic carbocycles. The Bertz CT molecular complexity index is 110. The van der Waals surface area contributed by atoms with Crippen molar-refractivity contribution in [2.75, 3.05) is 6.61 Å². The molecule has 10 heavy (non-hydrogen) atoms. The second-order valence-corrected chi connectivity index (χ2v) is 2.02. The average molecular weight is 148 g/mol. The summed E-state index contributed by atoms with van der Waals surface area (Å²) >= 11 is 0. The highest BCUT2D eigenvalue weighted by atomic mass is 16.5. The Morgan fingerprint density at radius 1 is 1.50 bits per heavy atom. The minimum Gasteiger partial charge on any atom is -0.396 e. The van der Waals surface area contributed by atoms with Gasteiger partial charge in [0, 0.05) is 13.0 Å². The monoisotopic (exact) mass is 148 g/mol. The Balaban J connectivity index is 3.90. The van der Waals surface area contributed by atoms with Crippen LogP contribution in [0.3, 0.4) is 0 Å². The molecule has 0 aliphatic rings. The smallest absolute Gasteiger partial charge is 0.209 e. The summed E-state index contributed by atoms with van der Waals surface area (Å²) in [6, 6.07) is 0. The normalized spacial score (nSPS) is 14.8. The van der Waals surface area contributed by atoms with Crippen molar-refractivity contribution in [1.29, 1.82) is 0 Å². The Labute approximate surface area is 59.1 Å². The van der Waals surface area contributed by atoms with Crippen LogP contribution >= 0.6 is 0 Å². The molecular formula is C6H12O4. The van der Waals surface area contributed by atoms with Gasteiger partial charge in [0.15, 0.2) is 0 Å². The second kappa shape index (κ2) is 3.68. The van der Waals surface area contributed by atoms with Gasteiger partial charge in [-0.2, -0.15) is 0 Å². The number of aliphatic hydroxyl groups excluding tert-OH is 2. The third-order valence-corrected chi connectivity index (χ3v) is 1.19. The molecule has 0 aliphatic heterocycles. The van der Waals surface area contributed by atoms with Crippen molar-refractivity contribution in [2.45, 2.75) is 18.3 Å². The molecule has 0 amide bonds. The van der Waals surface area contributed by atoms with Crippen LogP contribution in [0.15, 0.2) is 12.7 Å². The summed E-state index contributed by atoms with van der Waals surface area (Å²) in [7, 11) is 0. The van der Waals surface area contributed by atoms with E-state index >= 15 is 0 Å². The molecule has 4 nitrogen and oxygen atoms in total. The molecule has 0 radical (unpaired) electrons. The molecule has 0 aromatic rings. The molecule has 0 rings (SSSR count). The van der Waals surface area contributed by atoms with E-state index in [2.05, 4.69) is 6.58 Å². The highest BCUT2D eigenvalue weighted by Crippen LogP contribution is 2.09. The van der Waals surface area contributed by atoms with Crippen LogP contribution in [-0.4, -0.2) is 38.9 Å². The van der Waals surface area contributed by atoms with Crippen molar-refractivity contribution in [3.8, 4) is 0 Å². The van der Waals surface area contributed by atoms with Crippen molar-refractivity contribution in [3.63, 3.8) is 0 Å². The maximum atomic E-state index is 8.85. The van der Waals surface area contributed by atoms with Crippen LogP contribution in [-0.2, 0) is 0 Å². The van der Waals surface area contributed by atoms with Crippen molar-refractivity contribution >= 4 is 0 Å². The number of hydrogen-bond acceptors (Lipinski definition) is 4. The molecule has 0 spiro atoms. The third kappa shape index (κ3) is 2.45. The Kier molecular flexibility index (Phi) is 3.52. The minimum absolute atomic E-state index is 0.0843. The number of hydrogen-bond donors (Lipinski definition) is 4. The van der Waals surface area contributed by atoms with Gasteiger partial charge in [-0.05, 0) is 6.08 Å². The lowest BCUT2D eigenvalue weighted by Gasteiger charge is -2.22. The molecule has 0 fully saturated rings. The van der Waals surface area contributed by atoms with E-state index < -0.39 is 11.9 Å². The first-order chi connectivity index (χ1) is 4.54. The molecule has 4 heteroatoms. The predicted molar refractivity (Wildman–Crippen MR) is 35.1 cm³/mol. The van der Waals surface area contributed by atoms with E-state index in [1.165, 1.54) is 0 Å². The zero-order valence-electron chi connectivity index (χ0n) is 5.56. The van der Waals surface area contributed by atoms with Crippen LogP contribution in [0.2, 0.25) is 0 Å². The van der Waals surface area contributed by atoms with Gasteiger partial charge in [0.1, 0.15) is 6.10 Å². The first-order valence-corrected chi connectivity index (χ1v) is 2.92. The average Bonchev–Trinajstić information content (AvgIpc) is 1.89. The lowest BCUT2D eigenvalue weighted by molar-refractivity contribution is -0.191. The van der Waals surface area contributed by atoms with Gasteiger partial charge in [0.25, 0.3) is 0 Å². The topological polar surface area (TPSA) is 80.9 Å². The fourth-order valence-electron chi connectivity index (χ4n) is 0.471. The number of rotatable bonds is 4. The molecule has 0 saturated heterocycles. The van der Waals surface area contributed by atoms with Crippen LogP contribution in [0.1, 0.15) is 6.42 Å². The van der Waals surface area contributed by atoms with Gasteiger partial charge >= 0.3 is 0 Å².